The van der Waals surface area contributed by atoms with E-state index in [9.17, 15) is 0 Å². The van der Waals surface area contributed by atoms with Crippen LogP contribution in [0.25, 0.3) is 0 Å². The van der Waals surface area contributed by atoms with Gasteiger partial charge in [-0.3, -0.25) is 0 Å². The van der Waals surface area contributed by atoms with Crippen LogP contribution in [0.1, 0.15) is 0 Å². The minimum absolute atomic E-state index is 1.31. The molecule has 2 aromatic carbocycles. The van der Waals surface area contributed by atoms with Crippen LogP contribution in [0.5, 0.6) is 0 Å². The fourth-order valence-electron chi connectivity index (χ4n) is 1.26. The first-order valence-corrected chi connectivity index (χ1v) is 9.78. The van der Waals surface area contributed by atoms with E-state index in [2.05, 4.69) is 127 Å². The van der Waals surface area contributed by atoms with E-state index in [1.54, 1.807) is 0 Å². The molecule has 2 aromatic rings. The lowest BCUT2D eigenvalue weighted by Gasteiger charge is -2.10. The van der Waals surface area contributed by atoms with E-state index in [1.807, 2.05) is 11.8 Å². The predicted molar refractivity (Wildman–Crippen MR) is 108 cm³/mol. The van der Waals surface area contributed by atoms with Crippen molar-refractivity contribution in [3.05, 3.63) is 50.7 Å². The zero-order valence-corrected chi connectivity index (χ0v) is 17.8. The molecule has 0 amide bonds. The van der Waals surface area contributed by atoms with Crippen LogP contribution >= 0.6 is 102 Å². The molecule has 0 aliphatic heterocycles. The molecule has 0 bridgehead atoms. The summed E-state index contributed by atoms with van der Waals surface area (Å²) in [5, 5.41) is 0. The van der Waals surface area contributed by atoms with Crippen molar-refractivity contribution in [3.63, 3.8) is 0 Å². The molecule has 0 aliphatic carbocycles. The Labute approximate surface area is 160 Å². The SMILES string of the molecule is Ic1cccc(I)c1Sc1c(I)cccc1I. The van der Waals surface area contributed by atoms with Gasteiger partial charge >= 0.3 is 0 Å². The monoisotopic (exact) mass is 690 g/mol. The third-order valence-corrected chi connectivity index (χ3v) is 8.39. The van der Waals surface area contributed by atoms with Gasteiger partial charge < -0.3 is 0 Å². The summed E-state index contributed by atoms with van der Waals surface area (Å²) in [6, 6.07) is 12.9. The Kier molecular flexibility index (Phi) is 6.16. The molecule has 0 heterocycles. The van der Waals surface area contributed by atoms with Gasteiger partial charge in [-0.25, -0.2) is 0 Å². The van der Waals surface area contributed by atoms with Crippen molar-refractivity contribution >= 4 is 102 Å². The first-order valence-electron chi connectivity index (χ1n) is 4.65. The highest BCUT2D eigenvalue weighted by atomic mass is 127. The third kappa shape index (κ3) is 3.85. The van der Waals surface area contributed by atoms with Crippen LogP contribution < -0.4 is 0 Å². The van der Waals surface area contributed by atoms with E-state index in [0.29, 0.717) is 0 Å². The Balaban J connectivity index is 2.45. The lowest BCUT2D eigenvalue weighted by Crippen LogP contribution is -1.88. The van der Waals surface area contributed by atoms with Crippen molar-refractivity contribution in [3.8, 4) is 0 Å². The van der Waals surface area contributed by atoms with Gasteiger partial charge in [-0.2, -0.15) is 0 Å². The van der Waals surface area contributed by atoms with Gasteiger partial charge in [0.05, 0.1) is 0 Å². The summed E-state index contributed by atoms with van der Waals surface area (Å²) in [6.07, 6.45) is 0. The average Bonchev–Trinajstić information content (AvgIpc) is 2.27. The van der Waals surface area contributed by atoms with Crippen LogP contribution in [-0.2, 0) is 0 Å². The van der Waals surface area contributed by atoms with Gasteiger partial charge in [-0.1, -0.05) is 23.9 Å². The molecule has 88 valence electrons. The Hall–Kier alpha value is 1.71. The van der Waals surface area contributed by atoms with Crippen LogP contribution in [0.2, 0.25) is 0 Å². The van der Waals surface area contributed by atoms with Gasteiger partial charge in [0.1, 0.15) is 0 Å². The number of hydrogen-bond acceptors (Lipinski definition) is 1. The molecule has 0 spiro atoms. The van der Waals surface area contributed by atoms with Gasteiger partial charge in [0.25, 0.3) is 0 Å². The lowest BCUT2D eigenvalue weighted by atomic mass is 10.4. The van der Waals surface area contributed by atoms with Crippen LogP contribution in [0, 0.1) is 14.3 Å². The highest BCUT2D eigenvalue weighted by Gasteiger charge is 2.11. The van der Waals surface area contributed by atoms with Gasteiger partial charge in [-0.05, 0) is 115 Å². The number of hydrogen-bond donors (Lipinski definition) is 0. The maximum absolute atomic E-state index is 2.41. The number of benzene rings is 2. The van der Waals surface area contributed by atoms with E-state index in [1.165, 1.54) is 24.1 Å². The number of halogens is 4. The first kappa shape index (κ1) is 15.1. The lowest BCUT2D eigenvalue weighted by molar-refractivity contribution is 1.30. The maximum Gasteiger partial charge on any atom is 0.0390 e. The van der Waals surface area contributed by atoms with E-state index in [4.69, 9.17) is 0 Å². The van der Waals surface area contributed by atoms with Crippen molar-refractivity contribution in [2.24, 2.45) is 0 Å². The van der Waals surface area contributed by atoms with Crippen LogP contribution in [0.15, 0.2) is 46.2 Å². The molecule has 0 fully saturated rings. The normalized spacial score (nSPS) is 10.6. The molecule has 5 heteroatoms. The molecule has 0 N–H and O–H groups in total. The quantitative estimate of drug-likeness (QED) is 0.336. The first-order chi connectivity index (χ1) is 8.09. The summed E-state index contributed by atoms with van der Waals surface area (Å²) in [4.78, 5) is 2.71. The standard InChI is InChI=1S/C12H6I4S/c13-7-3-1-4-8(14)11(7)17-12-9(15)5-2-6-10(12)16/h1-6H. The summed E-state index contributed by atoms with van der Waals surface area (Å²) < 4.78 is 5.26. The highest BCUT2D eigenvalue weighted by Crippen LogP contribution is 2.39. The van der Waals surface area contributed by atoms with E-state index in [0.717, 1.165) is 0 Å². The second kappa shape index (κ2) is 6.93. The fourth-order valence-corrected chi connectivity index (χ4v) is 6.47. The summed E-state index contributed by atoms with van der Waals surface area (Å²) in [6.45, 7) is 0. The van der Waals surface area contributed by atoms with Crippen molar-refractivity contribution in [2.45, 2.75) is 9.79 Å². The summed E-state index contributed by atoms with van der Waals surface area (Å²) in [5.74, 6) is 0. The molecular weight excluding hydrogens is 684 g/mol. The minimum atomic E-state index is 1.31. The molecule has 0 atom stereocenters. The molecular formula is C12H6I4S. The third-order valence-electron chi connectivity index (χ3n) is 2.04. The van der Waals surface area contributed by atoms with Gasteiger partial charge in [0.2, 0.25) is 0 Å². The van der Waals surface area contributed by atoms with Crippen molar-refractivity contribution in [2.75, 3.05) is 0 Å². The topological polar surface area (TPSA) is 0 Å². The Morgan fingerprint density at radius 1 is 0.588 bits per heavy atom. The van der Waals surface area contributed by atoms with Crippen LogP contribution in [-0.4, -0.2) is 0 Å². The van der Waals surface area contributed by atoms with E-state index < -0.39 is 0 Å². The Bertz CT molecular complexity index is 464. The second-order valence-corrected chi connectivity index (χ2v) is 8.87. The summed E-state index contributed by atoms with van der Waals surface area (Å²) >= 11 is 11.5. The smallest absolute Gasteiger partial charge is 0.0390 e. The molecule has 2 rings (SSSR count). The predicted octanol–water partition coefficient (Wildman–Crippen LogP) is 6.26. The second-order valence-electron chi connectivity index (χ2n) is 3.20. The van der Waals surface area contributed by atoms with Gasteiger partial charge in [-0.15, -0.1) is 0 Å². The molecule has 0 saturated heterocycles. The van der Waals surface area contributed by atoms with E-state index >= 15 is 0 Å². The molecule has 0 saturated carbocycles. The zero-order chi connectivity index (χ0) is 12.4. The van der Waals surface area contributed by atoms with Crippen LogP contribution in [0.4, 0.5) is 0 Å². The summed E-state index contributed by atoms with van der Waals surface area (Å²) in [5.41, 5.74) is 0. The van der Waals surface area contributed by atoms with Crippen molar-refractivity contribution in [1.29, 1.82) is 0 Å². The minimum Gasteiger partial charge on any atom is -0.0856 e. The Morgan fingerprint density at radius 3 is 1.18 bits per heavy atom. The van der Waals surface area contributed by atoms with Crippen molar-refractivity contribution < 1.29 is 0 Å². The van der Waals surface area contributed by atoms with E-state index in [-0.39, 0.29) is 0 Å². The Morgan fingerprint density at radius 2 is 0.882 bits per heavy atom. The molecule has 0 unspecified atom stereocenters. The highest BCUT2D eigenvalue weighted by molar-refractivity contribution is 14.1. The average molecular weight is 690 g/mol. The van der Waals surface area contributed by atoms with Gasteiger partial charge in [0.15, 0.2) is 0 Å². The van der Waals surface area contributed by atoms with Gasteiger partial charge in [0, 0.05) is 24.1 Å². The molecule has 17 heavy (non-hydrogen) atoms. The van der Waals surface area contributed by atoms with Crippen LogP contribution in [0.3, 0.4) is 0 Å². The molecule has 0 aromatic heterocycles. The van der Waals surface area contributed by atoms with Crippen molar-refractivity contribution in [1.82, 2.24) is 0 Å². The molecule has 0 nitrogen and oxygen atoms in total. The molecule has 0 aliphatic rings. The maximum atomic E-state index is 2.41. The zero-order valence-electron chi connectivity index (χ0n) is 8.38. The largest absolute Gasteiger partial charge is 0.0856 e. The fraction of sp³-hybridized carbons (Fsp3) is 0. The number of rotatable bonds is 2. The molecule has 0 radical (unpaired) electrons. The summed E-state index contributed by atoms with van der Waals surface area (Å²) in [7, 11) is 0.